The Hall–Kier alpha value is -3.36. The second-order valence-corrected chi connectivity index (χ2v) is 13.0. The number of sulfonamides is 1. The van der Waals surface area contributed by atoms with Crippen molar-refractivity contribution in [3.8, 4) is 0 Å². The van der Waals surface area contributed by atoms with Gasteiger partial charge >= 0.3 is 0 Å². The lowest BCUT2D eigenvalue weighted by Crippen LogP contribution is -2.55. The van der Waals surface area contributed by atoms with Crippen LogP contribution in [0.25, 0.3) is 0 Å². The summed E-state index contributed by atoms with van der Waals surface area (Å²) in [4.78, 5) is 29.0. The van der Waals surface area contributed by atoms with Crippen LogP contribution in [0.1, 0.15) is 52.2 Å². The number of anilines is 1. The van der Waals surface area contributed by atoms with E-state index < -0.39 is 34.1 Å². The lowest BCUT2D eigenvalue weighted by atomic mass is 10.1. The van der Waals surface area contributed by atoms with Crippen molar-refractivity contribution in [2.45, 2.75) is 70.5 Å². The average molecular weight is 584 g/mol. The number of hydrogen-bond acceptors (Lipinski definition) is 4. The Kier molecular flexibility index (Phi) is 10.4. The van der Waals surface area contributed by atoms with Gasteiger partial charge in [0.15, 0.2) is 0 Å². The van der Waals surface area contributed by atoms with Crippen LogP contribution in [-0.2, 0) is 32.6 Å². The van der Waals surface area contributed by atoms with Gasteiger partial charge in [0.25, 0.3) is 10.0 Å². The first-order valence-corrected chi connectivity index (χ1v) is 15.2. The highest BCUT2D eigenvalue weighted by molar-refractivity contribution is 7.92. The molecule has 214 valence electrons. The number of amides is 2. The molecular weight excluding hydrogens is 546 g/mol. The summed E-state index contributed by atoms with van der Waals surface area (Å²) in [7, 11) is -4.09. The normalized spacial score (nSPS) is 12.4. The fraction of sp³-hybridized carbons (Fsp3) is 0.355. The first-order chi connectivity index (χ1) is 18.9. The van der Waals surface area contributed by atoms with E-state index >= 15 is 0 Å². The van der Waals surface area contributed by atoms with Crippen molar-refractivity contribution < 1.29 is 18.0 Å². The fourth-order valence-corrected chi connectivity index (χ4v) is 5.87. The van der Waals surface area contributed by atoms with Crippen molar-refractivity contribution >= 4 is 39.1 Å². The summed E-state index contributed by atoms with van der Waals surface area (Å²) in [5.74, 6) is -0.799. The lowest BCUT2D eigenvalue weighted by molar-refractivity contribution is -0.141. The SMILES string of the molecule is CCc1ccc(N(CC(=O)N(Cc2ccc(Cl)cc2)C(CC)C(=O)NC(C)(C)C)S(=O)(=O)c2ccccc2)cc1. The van der Waals surface area contributed by atoms with E-state index in [4.69, 9.17) is 11.6 Å². The number of nitrogens with one attached hydrogen (secondary N) is 1. The molecule has 0 aliphatic carbocycles. The molecule has 7 nitrogen and oxygen atoms in total. The molecule has 0 heterocycles. The summed E-state index contributed by atoms with van der Waals surface area (Å²) in [6.07, 6.45) is 1.14. The van der Waals surface area contributed by atoms with E-state index in [1.54, 1.807) is 54.6 Å². The van der Waals surface area contributed by atoms with Crippen molar-refractivity contribution in [1.82, 2.24) is 10.2 Å². The minimum atomic E-state index is -4.09. The summed E-state index contributed by atoms with van der Waals surface area (Å²) < 4.78 is 28.8. The van der Waals surface area contributed by atoms with Gasteiger partial charge in [-0.15, -0.1) is 0 Å². The number of aryl methyl sites for hydroxylation is 1. The molecule has 1 atom stereocenters. The highest BCUT2D eigenvalue weighted by Gasteiger charge is 2.34. The average Bonchev–Trinajstić information content (AvgIpc) is 2.92. The van der Waals surface area contributed by atoms with E-state index in [-0.39, 0.29) is 17.3 Å². The number of rotatable bonds is 11. The maximum Gasteiger partial charge on any atom is 0.264 e. The van der Waals surface area contributed by atoms with Crippen LogP contribution in [0.3, 0.4) is 0 Å². The van der Waals surface area contributed by atoms with Crippen molar-refractivity contribution in [2.75, 3.05) is 10.8 Å². The largest absolute Gasteiger partial charge is 0.350 e. The molecule has 3 aromatic carbocycles. The standard InChI is InChI=1S/C31H38ClN3O4S/c1-6-23-15-19-26(20-16-23)35(40(38,39)27-11-9-8-10-12-27)22-29(36)34(21-24-13-17-25(32)18-14-24)28(7-2)30(37)33-31(3,4)5/h8-20,28H,6-7,21-22H2,1-5H3,(H,33,37). The first kappa shape index (κ1) is 31.2. The lowest BCUT2D eigenvalue weighted by Gasteiger charge is -2.34. The van der Waals surface area contributed by atoms with Crippen LogP contribution < -0.4 is 9.62 Å². The van der Waals surface area contributed by atoms with Gasteiger partial charge < -0.3 is 10.2 Å². The van der Waals surface area contributed by atoms with E-state index in [0.717, 1.165) is 21.9 Å². The molecule has 0 aromatic heterocycles. The number of hydrogen-bond donors (Lipinski definition) is 1. The Labute approximate surface area is 243 Å². The third kappa shape index (κ3) is 8.08. The molecule has 0 fully saturated rings. The van der Waals surface area contributed by atoms with Gasteiger partial charge in [-0.1, -0.05) is 67.9 Å². The van der Waals surface area contributed by atoms with Crippen LogP contribution in [0.5, 0.6) is 0 Å². The zero-order valence-electron chi connectivity index (χ0n) is 23.7. The van der Waals surface area contributed by atoms with E-state index in [1.165, 1.54) is 17.0 Å². The number of carbonyl (C=O) groups is 2. The van der Waals surface area contributed by atoms with Crippen molar-refractivity contribution in [3.05, 3.63) is 95.0 Å². The van der Waals surface area contributed by atoms with E-state index in [0.29, 0.717) is 17.1 Å². The summed E-state index contributed by atoms with van der Waals surface area (Å²) >= 11 is 6.07. The molecule has 2 amide bonds. The Morgan fingerprint density at radius 1 is 0.875 bits per heavy atom. The van der Waals surface area contributed by atoms with Crippen LogP contribution in [0, 0.1) is 0 Å². The van der Waals surface area contributed by atoms with E-state index in [1.807, 2.05) is 46.8 Å². The number of halogens is 1. The molecule has 0 bridgehead atoms. The summed E-state index contributed by atoms with van der Waals surface area (Å²) in [6.45, 7) is 9.09. The molecule has 40 heavy (non-hydrogen) atoms. The monoisotopic (exact) mass is 583 g/mol. The maximum atomic E-state index is 14.1. The smallest absolute Gasteiger partial charge is 0.264 e. The molecule has 3 aromatic rings. The second kappa shape index (κ2) is 13.3. The molecule has 3 rings (SSSR count). The van der Waals surface area contributed by atoms with Crippen LogP contribution in [0.4, 0.5) is 5.69 Å². The fourth-order valence-electron chi connectivity index (χ4n) is 4.31. The quantitative estimate of drug-likeness (QED) is 0.308. The summed E-state index contributed by atoms with van der Waals surface area (Å²) in [6, 6.07) is 21.4. The highest BCUT2D eigenvalue weighted by Crippen LogP contribution is 2.25. The third-order valence-corrected chi connectivity index (χ3v) is 8.43. The number of benzene rings is 3. The van der Waals surface area contributed by atoms with Gasteiger partial charge in [0.2, 0.25) is 11.8 Å². The summed E-state index contributed by atoms with van der Waals surface area (Å²) in [5, 5.41) is 3.52. The Morgan fingerprint density at radius 3 is 1.98 bits per heavy atom. The van der Waals surface area contributed by atoms with Crippen molar-refractivity contribution in [2.24, 2.45) is 0 Å². The van der Waals surface area contributed by atoms with Crippen molar-refractivity contribution in [3.63, 3.8) is 0 Å². The van der Waals surface area contributed by atoms with Gasteiger partial charge in [-0.2, -0.15) is 0 Å². The molecule has 1 unspecified atom stereocenters. The highest BCUT2D eigenvalue weighted by atomic mass is 35.5. The zero-order chi connectivity index (χ0) is 29.5. The Bertz CT molecular complexity index is 1390. The van der Waals surface area contributed by atoms with Gasteiger partial charge in [-0.25, -0.2) is 8.42 Å². The van der Waals surface area contributed by atoms with E-state index in [9.17, 15) is 18.0 Å². The van der Waals surface area contributed by atoms with Gasteiger partial charge in [-0.3, -0.25) is 13.9 Å². The Balaban J connectivity index is 2.06. The molecule has 0 saturated heterocycles. The van der Waals surface area contributed by atoms with Crippen LogP contribution in [0.15, 0.2) is 83.8 Å². The molecule has 0 radical (unpaired) electrons. The van der Waals surface area contributed by atoms with Crippen molar-refractivity contribution in [1.29, 1.82) is 0 Å². The second-order valence-electron chi connectivity index (χ2n) is 10.7. The predicted octanol–water partition coefficient (Wildman–Crippen LogP) is 5.82. The molecule has 0 saturated carbocycles. The van der Waals surface area contributed by atoms with Gasteiger partial charge in [-0.05, 0) is 81.1 Å². The molecular formula is C31H38ClN3O4S. The molecule has 0 spiro atoms. The number of carbonyl (C=O) groups excluding carboxylic acids is 2. The van der Waals surface area contributed by atoms with Gasteiger partial charge in [0.1, 0.15) is 12.6 Å². The Morgan fingerprint density at radius 2 is 1.45 bits per heavy atom. The predicted molar refractivity (Wildman–Crippen MR) is 161 cm³/mol. The third-order valence-electron chi connectivity index (χ3n) is 6.39. The molecule has 1 N–H and O–H groups in total. The maximum absolute atomic E-state index is 14.1. The molecule has 0 aliphatic rings. The minimum Gasteiger partial charge on any atom is -0.350 e. The van der Waals surface area contributed by atoms with Gasteiger partial charge in [0.05, 0.1) is 10.6 Å². The van der Waals surface area contributed by atoms with Crippen LogP contribution >= 0.6 is 11.6 Å². The van der Waals surface area contributed by atoms with Crippen LogP contribution in [-0.4, -0.2) is 43.3 Å². The van der Waals surface area contributed by atoms with Crippen LogP contribution in [0.2, 0.25) is 5.02 Å². The topological polar surface area (TPSA) is 86.8 Å². The summed E-state index contributed by atoms with van der Waals surface area (Å²) in [5.41, 5.74) is 1.67. The molecule has 9 heteroatoms. The van der Waals surface area contributed by atoms with Gasteiger partial charge in [0, 0.05) is 17.1 Å². The minimum absolute atomic E-state index is 0.0733. The van der Waals surface area contributed by atoms with E-state index in [2.05, 4.69) is 5.32 Å². The molecule has 0 aliphatic heterocycles. The number of nitrogens with zero attached hydrogens (tertiary/aromatic N) is 2. The first-order valence-electron chi connectivity index (χ1n) is 13.4. The zero-order valence-corrected chi connectivity index (χ0v) is 25.3.